The predicted octanol–water partition coefficient (Wildman–Crippen LogP) is 3.33. The van der Waals surface area contributed by atoms with E-state index in [1.54, 1.807) is 31.6 Å². The molecule has 0 atom stereocenters. The summed E-state index contributed by atoms with van der Waals surface area (Å²) in [7, 11) is 1.62. The minimum absolute atomic E-state index is 0.0176. The highest BCUT2D eigenvalue weighted by Crippen LogP contribution is 2.27. The van der Waals surface area contributed by atoms with E-state index < -0.39 is 5.60 Å². The summed E-state index contributed by atoms with van der Waals surface area (Å²) < 4.78 is 6.97. The molecule has 1 N–H and O–H groups in total. The molecule has 0 fully saturated rings. The summed E-state index contributed by atoms with van der Waals surface area (Å²) in [5.41, 5.74) is 0.788. The molecule has 0 aliphatic carbocycles. The summed E-state index contributed by atoms with van der Waals surface area (Å²) in [4.78, 5) is 12.8. The predicted molar refractivity (Wildman–Crippen MR) is 88.3 cm³/mol. The summed E-state index contributed by atoms with van der Waals surface area (Å²) in [6, 6.07) is 11.2. The van der Waals surface area contributed by atoms with Crippen LogP contribution in [0.3, 0.4) is 0 Å². The van der Waals surface area contributed by atoms with E-state index in [2.05, 4.69) is 0 Å². The zero-order chi connectivity index (χ0) is 16.5. The maximum Gasteiger partial charge on any atom is 0.257 e. The highest BCUT2D eigenvalue weighted by Gasteiger charge is 2.23. The normalized spacial score (nSPS) is 11.8. The molecule has 0 radical (unpaired) electrons. The van der Waals surface area contributed by atoms with Crippen molar-refractivity contribution in [1.29, 1.82) is 0 Å². The smallest absolute Gasteiger partial charge is 0.257 e. The first-order valence-corrected chi connectivity index (χ1v) is 7.38. The summed E-state index contributed by atoms with van der Waals surface area (Å²) in [5, 5.41) is 10.2. The topological polar surface area (TPSA) is 51.5 Å². The Labute approximate surface area is 131 Å². The van der Waals surface area contributed by atoms with Crippen molar-refractivity contribution >= 4 is 0 Å². The molecule has 4 nitrogen and oxygen atoms in total. The number of benzene rings is 1. The van der Waals surface area contributed by atoms with Gasteiger partial charge in [-0.2, -0.15) is 0 Å². The largest absolute Gasteiger partial charge is 0.497 e. The first-order valence-electron chi connectivity index (χ1n) is 7.38. The number of nitrogens with zero attached hydrogens (tertiary/aromatic N) is 1. The Kier molecular flexibility index (Phi) is 4.42. The average molecular weight is 301 g/mol. The van der Waals surface area contributed by atoms with Crippen molar-refractivity contribution in [2.75, 3.05) is 7.11 Å². The average Bonchev–Trinajstić information content (AvgIpc) is 2.45. The maximum absolute atomic E-state index is 12.8. The number of pyridine rings is 1. The fraction of sp³-hybridized carbons (Fsp3) is 0.389. The van der Waals surface area contributed by atoms with Gasteiger partial charge in [-0.05, 0) is 52.0 Å². The molecule has 0 spiro atoms. The van der Waals surface area contributed by atoms with Crippen LogP contribution in [0.2, 0.25) is 0 Å². The Hall–Kier alpha value is -2.07. The van der Waals surface area contributed by atoms with E-state index in [0.717, 1.165) is 17.0 Å². The van der Waals surface area contributed by atoms with Gasteiger partial charge in [0, 0.05) is 17.2 Å². The van der Waals surface area contributed by atoms with Crippen LogP contribution in [0.15, 0.2) is 41.2 Å². The van der Waals surface area contributed by atoms with Crippen LogP contribution in [0.4, 0.5) is 0 Å². The van der Waals surface area contributed by atoms with Gasteiger partial charge < -0.3 is 14.4 Å². The van der Waals surface area contributed by atoms with Gasteiger partial charge in [0.1, 0.15) is 5.75 Å². The molecule has 1 aromatic carbocycles. The zero-order valence-electron chi connectivity index (χ0n) is 13.8. The molecule has 1 aromatic heterocycles. The van der Waals surface area contributed by atoms with E-state index in [9.17, 15) is 9.90 Å². The molecule has 0 unspecified atom stereocenters. The maximum atomic E-state index is 12.8. The molecule has 118 valence electrons. The van der Waals surface area contributed by atoms with Crippen LogP contribution in [0.1, 0.15) is 39.3 Å². The third-order valence-electron chi connectivity index (χ3n) is 3.66. The second kappa shape index (κ2) is 5.97. The van der Waals surface area contributed by atoms with Gasteiger partial charge in [-0.15, -0.1) is 0 Å². The van der Waals surface area contributed by atoms with Gasteiger partial charge in [0.15, 0.2) is 0 Å². The van der Waals surface area contributed by atoms with E-state index in [-0.39, 0.29) is 11.6 Å². The summed E-state index contributed by atoms with van der Waals surface area (Å²) in [5.74, 6) is 0.742. The molecular formula is C18H23NO3. The van der Waals surface area contributed by atoms with E-state index in [0.29, 0.717) is 5.56 Å². The van der Waals surface area contributed by atoms with E-state index in [4.69, 9.17) is 4.74 Å². The fourth-order valence-electron chi connectivity index (χ4n) is 2.55. The number of hydrogen-bond donors (Lipinski definition) is 1. The van der Waals surface area contributed by atoms with Crippen molar-refractivity contribution in [2.24, 2.45) is 0 Å². The molecule has 2 aromatic rings. The van der Waals surface area contributed by atoms with E-state index >= 15 is 0 Å². The lowest BCUT2D eigenvalue weighted by Crippen LogP contribution is -2.33. The molecule has 0 saturated heterocycles. The van der Waals surface area contributed by atoms with Crippen molar-refractivity contribution in [1.82, 2.24) is 4.57 Å². The SMILES string of the molecule is COc1cccc(-c2ccc(C(C)(C)O)c(=O)n2C(C)C)c1. The molecule has 2 rings (SSSR count). The summed E-state index contributed by atoms with van der Waals surface area (Å²) >= 11 is 0. The Morgan fingerprint density at radius 2 is 1.86 bits per heavy atom. The van der Waals surface area contributed by atoms with Gasteiger partial charge in [-0.25, -0.2) is 0 Å². The number of methoxy groups -OCH3 is 1. The highest BCUT2D eigenvalue weighted by molar-refractivity contribution is 5.62. The van der Waals surface area contributed by atoms with Crippen molar-refractivity contribution in [3.8, 4) is 17.0 Å². The number of hydrogen-bond acceptors (Lipinski definition) is 3. The van der Waals surface area contributed by atoms with Crippen LogP contribution in [0.5, 0.6) is 5.75 Å². The molecule has 22 heavy (non-hydrogen) atoms. The first kappa shape index (κ1) is 16.3. The summed E-state index contributed by atoms with van der Waals surface area (Å²) in [6.07, 6.45) is 0. The van der Waals surface area contributed by atoms with Gasteiger partial charge in [-0.3, -0.25) is 4.79 Å². The van der Waals surface area contributed by atoms with Crippen LogP contribution < -0.4 is 10.3 Å². The monoisotopic (exact) mass is 301 g/mol. The van der Waals surface area contributed by atoms with Gasteiger partial charge in [0.05, 0.1) is 18.4 Å². The van der Waals surface area contributed by atoms with Gasteiger partial charge >= 0.3 is 0 Å². The second-order valence-corrected chi connectivity index (χ2v) is 6.19. The number of aromatic nitrogens is 1. The van der Waals surface area contributed by atoms with Crippen LogP contribution in [0.25, 0.3) is 11.3 Å². The molecule has 0 saturated carbocycles. The lowest BCUT2D eigenvalue weighted by atomic mass is 9.98. The Morgan fingerprint density at radius 3 is 2.41 bits per heavy atom. The second-order valence-electron chi connectivity index (χ2n) is 6.19. The molecule has 1 heterocycles. The summed E-state index contributed by atoms with van der Waals surface area (Å²) in [6.45, 7) is 7.16. The number of aliphatic hydroxyl groups is 1. The van der Waals surface area contributed by atoms with Crippen molar-refractivity contribution in [3.05, 3.63) is 52.3 Å². The third-order valence-corrected chi connectivity index (χ3v) is 3.66. The van der Waals surface area contributed by atoms with Gasteiger partial charge in [0.25, 0.3) is 5.56 Å². The van der Waals surface area contributed by atoms with Crippen molar-refractivity contribution in [2.45, 2.75) is 39.3 Å². The highest BCUT2D eigenvalue weighted by atomic mass is 16.5. The lowest BCUT2D eigenvalue weighted by molar-refractivity contribution is 0.0764. The van der Waals surface area contributed by atoms with Gasteiger partial charge in [0.2, 0.25) is 0 Å². The molecule has 0 aliphatic heterocycles. The molecule has 0 bridgehead atoms. The van der Waals surface area contributed by atoms with Crippen LogP contribution >= 0.6 is 0 Å². The minimum atomic E-state index is -1.17. The van der Waals surface area contributed by atoms with E-state index in [1.807, 2.05) is 44.2 Å². The fourth-order valence-corrected chi connectivity index (χ4v) is 2.55. The number of rotatable bonds is 4. The lowest BCUT2D eigenvalue weighted by Gasteiger charge is -2.23. The minimum Gasteiger partial charge on any atom is -0.497 e. The van der Waals surface area contributed by atoms with Crippen molar-refractivity contribution < 1.29 is 9.84 Å². The van der Waals surface area contributed by atoms with Crippen molar-refractivity contribution in [3.63, 3.8) is 0 Å². The van der Waals surface area contributed by atoms with E-state index in [1.165, 1.54) is 0 Å². The van der Waals surface area contributed by atoms with Crippen LogP contribution in [-0.4, -0.2) is 16.8 Å². The number of ether oxygens (including phenoxy) is 1. The standard InChI is InChI=1S/C18H23NO3/c1-12(2)19-16(13-7-6-8-14(11-13)22-5)10-9-15(17(19)20)18(3,4)21/h6-12,21H,1-5H3. The van der Waals surface area contributed by atoms with Crippen LogP contribution in [0, 0.1) is 0 Å². The molecule has 0 amide bonds. The molecule has 0 aliphatic rings. The quantitative estimate of drug-likeness (QED) is 0.942. The molecular weight excluding hydrogens is 278 g/mol. The first-order chi connectivity index (χ1) is 10.3. The Bertz CT molecular complexity index is 724. The Balaban J connectivity index is 2.72. The Morgan fingerprint density at radius 1 is 1.18 bits per heavy atom. The zero-order valence-corrected chi connectivity index (χ0v) is 13.8. The van der Waals surface area contributed by atoms with Gasteiger partial charge in [-0.1, -0.05) is 12.1 Å². The molecule has 4 heteroatoms. The third kappa shape index (κ3) is 3.07. The van der Waals surface area contributed by atoms with Crippen LogP contribution in [-0.2, 0) is 5.60 Å².